The van der Waals surface area contributed by atoms with Crippen LogP contribution in [0.2, 0.25) is 0 Å². The van der Waals surface area contributed by atoms with Crippen LogP contribution in [0.3, 0.4) is 0 Å². The Morgan fingerprint density at radius 3 is 2.45 bits per heavy atom. The van der Waals surface area contributed by atoms with Gasteiger partial charge in [0.15, 0.2) is 0 Å². The van der Waals surface area contributed by atoms with Gasteiger partial charge in [0.2, 0.25) is 5.91 Å². The molecule has 0 spiro atoms. The van der Waals surface area contributed by atoms with E-state index in [0.717, 1.165) is 11.6 Å². The summed E-state index contributed by atoms with van der Waals surface area (Å²) in [7, 11) is 0. The Morgan fingerprint density at radius 2 is 1.80 bits per heavy atom. The Balaban J connectivity index is 1.80. The third-order valence-corrected chi connectivity index (χ3v) is 4.86. The van der Waals surface area contributed by atoms with Crippen molar-refractivity contribution in [3.8, 4) is 0 Å². The molecule has 1 N–H and O–H groups in total. The fourth-order valence-electron chi connectivity index (χ4n) is 3.34. The lowest BCUT2D eigenvalue weighted by Crippen LogP contribution is -2.25. The van der Waals surface area contributed by atoms with Gasteiger partial charge in [-0.2, -0.15) is 0 Å². The van der Waals surface area contributed by atoms with Gasteiger partial charge in [-0.25, -0.2) is 0 Å². The lowest BCUT2D eigenvalue weighted by Gasteiger charge is -2.31. The van der Waals surface area contributed by atoms with E-state index in [1.54, 1.807) is 0 Å². The predicted octanol–water partition coefficient (Wildman–Crippen LogP) is 4.87. The molecule has 0 saturated heterocycles. The van der Waals surface area contributed by atoms with Crippen LogP contribution in [0.15, 0.2) is 30.3 Å². The highest BCUT2D eigenvalue weighted by molar-refractivity contribution is 5.90. The molecule has 0 aromatic heterocycles. The van der Waals surface area contributed by atoms with E-state index in [1.165, 1.54) is 32.1 Å². The van der Waals surface area contributed by atoms with Gasteiger partial charge in [0.1, 0.15) is 0 Å². The molecule has 1 aromatic rings. The van der Waals surface area contributed by atoms with Crippen molar-refractivity contribution >= 4 is 11.6 Å². The third kappa shape index (κ3) is 4.36. The molecule has 2 rings (SSSR count). The zero-order valence-corrected chi connectivity index (χ0v) is 12.8. The first-order valence-corrected chi connectivity index (χ1v) is 8.01. The minimum atomic E-state index is 0.145. The largest absolute Gasteiger partial charge is 0.326 e. The number of carbonyl (C=O) groups is 1. The number of anilines is 1. The predicted molar refractivity (Wildman–Crippen MR) is 84.6 cm³/mol. The van der Waals surface area contributed by atoms with Crippen molar-refractivity contribution in [3.63, 3.8) is 0 Å². The molecule has 110 valence electrons. The number of carbonyl (C=O) groups excluding carboxylic acids is 1. The zero-order valence-electron chi connectivity index (χ0n) is 12.8. The Labute approximate surface area is 123 Å². The van der Waals surface area contributed by atoms with Crippen LogP contribution in [0, 0.1) is 17.8 Å². The lowest BCUT2D eigenvalue weighted by molar-refractivity contribution is -0.117. The van der Waals surface area contributed by atoms with Crippen molar-refractivity contribution in [2.24, 2.45) is 17.8 Å². The highest BCUT2D eigenvalue weighted by Gasteiger charge is 2.25. The molecule has 0 bridgehead atoms. The van der Waals surface area contributed by atoms with Gasteiger partial charge < -0.3 is 5.32 Å². The quantitative estimate of drug-likeness (QED) is 0.815. The van der Waals surface area contributed by atoms with Crippen LogP contribution in [-0.2, 0) is 4.79 Å². The van der Waals surface area contributed by atoms with Crippen LogP contribution >= 0.6 is 0 Å². The van der Waals surface area contributed by atoms with E-state index in [-0.39, 0.29) is 5.91 Å². The molecule has 1 amide bonds. The van der Waals surface area contributed by atoms with E-state index in [9.17, 15) is 4.79 Å². The second-order valence-electron chi connectivity index (χ2n) is 6.35. The molecule has 1 fully saturated rings. The maximum Gasteiger partial charge on any atom is 0.224 e. The maximum atomic E-state index is 12.1. The van der Waals surface area contributed by atoms with Crippen LogP contribution in [0.5, 0.6) is 0 Å². The van der Waals surface area contributed by atoms with Gasteiger partial charge in [-0.1, -0.05) is 64.2 Å². The summed E-state index contributed by atoms with van der Waals surface area (Å²) in [5, 5.41) is 2.99. The first-order chi connectivity index (χ1) is 9.66. The first-order valence-electron chi connectivity index (χ1n) is 8.01. The summed E-state index contributed by atoms with van der Waals surface area (Å²) in [5.74, 6) is 2.08. The monoisotopic (exact) mass is 273 g/mol. The smallest absolute Gasteiger partial charge is 0.224 e. The summed E-state index contributed by atoms with van der Waals surface area (Å²) in [6.07, 6.45) is 7.48. The molecule has 20 heavy (non-hydrogen) atoms. The summed E-state index contributed by atoms with van der Waals surface area (Å²) >= 11 is 0. The molecule has 2 nitrogen and oxygen atoms in total. The average molecular weight is 273 g/mol. The van der Waals surface area contributed by atoms with Crippen LogP contribution in [0.25, 0.3) is 0 Å². The lowest BCUT2D eigenvalue weighted by atomic mass is 9.75. The molecular weight excluding hydrogens is 246 g/mol. The summed E-state index contributed by atoms with van der Waals surface area (Å²) in [4.78, 5) is 12.1. The standard InChI is InChI=1S/C18H27NO/c1-14(15(2)16-9-5-3-6-10-16)13-18(20)19-17-11-7-4-8-12-17/h4,7-8,11-12,14-16H,3,5-6,9-10,13H2,1-2H3,(H,19,20). The van der Waals surface area contributed by atoms with E-state index in [2.05, 4.69) is 19.2 Å². The van der Waals surface area contributed by atoms with Crippen LogP contribution in [-0.4, -0.2) is 5.91 Å². The molecule has 2 heteroatoms. The number of hydrogen-bond donors (Lipinski definition) is 1. The van der Waals surface area contributed by atoms with Gasteiger partial charge in [-0.3, -0.25) is 4.79 Å². The first kappa shape index (κ1) is 15.1. The Kier molecular flexibility index (Phi) is 5.63. The third-order valence-electron chi connectivity index (χ3n) is 4.86. The second-order valence-corrected chi connectivity index (χ2v) is 6.35. The highest BCUT2D eigenvalue weighted by atomic mass is 16.1. The number of hydrogen-bond acceptors (Lipinski definition) is 1. The van der Waals surface area contributed by atoms with Crippen molar-refractivity contribution in [2.75, 3.05) is 5.32 Å². The second kappa shape index (κ2) is 7.47. The Bertz CT molecular complexity index is 409. The summed E-state index contributed by atoms with van der Waals surface area (Å²) < 4.78 is 0. The van der Waals surface area contributed by atoms with Crippen molar-refractivity contribution in [1.82, 2.24) is 0 Å². The zero-order chi connectivity index (χ0) is 14.4. The van der Waals surface area contributed by atoms with Gasteiger partial charge in [0.25, 0.3) is 0 Å². The molecule has 0 radical (unpaired) electrons. The molecule has 0 aliphatic heterocycles. The van der Waals surface area contributed by atoms with E-state index in [0.29, 0.717) is 18.3 Å². The van der Waals surface area contributed by atoms with Crippen molar-refractivity contribution in [1.29, 1.82) is 0 Å². The van der Waals surface area contributed by atoms with Crippen molar-refractivity contribution in [2.45, 2.75) is 52.4 Å². The minimum absolute atomic E-state index is 0.145. The summed E-state index contributed by atoms with van der Waals surface area (Å²) in [6, 6.07) is 9.73. The maximum absolute atomic E-state index is 12.1. The fraction of sp³-hybridized carbons (Fsp3) is 0.611. The number of amides is 1. The van der Waals surface area contributed by atoms with E-state index < -0.39 is 0 Å². The Hall–Kier alpha value is -1.31. The summed E-state index contributed by atoms with van der Waals surface area (Å²) in [5.41, 5.74) is 0.898. The molecule has 2 atom stereocenters. The van der Waals surface area contributed by atoms with Gasteiger partial charge in [-0.15, -0.1) is 0 Å². The number of benzene rings is 1. The summed E-state index contributed by atoms with van der Waals surface area (Å²) in [6.45, 7) is 4.56. The van der Waals surface area contributed by atoms with Gasteiger partial charge in [0, 0.05) is 12.1 Å². The highest BCUT2D eigenvalue weighted by Crippen LogP contribution is 2.34. The van der Waals surface area contributed by atoms with E-state index in [4.69, 9.17) is 0 Å². The number of rotatable bonds is 5. The van der Waals surface area contributed by atoms with Crippen LogP contribution in [0.1, 0.15) is 52.4 Å². The normalized spacial score (nSPS) is 19.3. The number of nitrogens with one attached hydrogen (secondary N) is 1. The fourth-order valence-corrected chi connectivity index (χ4v) is 3.34. The topological polar surface area (TPSA) is 29.1 Å². The van der Waals surface area contributed by atoms with E-state index >= 15 is 0 Å². The van der Waals surface area contributed by atoms with E-state index in [1.807, 2.05) is 30.3 Å². The Morgan fingerprint density at radius 1 is 1.15 bits per heavy atom. The van der Waals surface area contributed by atoms with Gasteiger partial charge >= 0.3 is 0 Å². The molecule has 1 aliphatic carbocycles. The van der Waals surface area contributed by atoms with Crippen molar-refractivity contribution < 1.29 is 4.79 Å². The average Bonchev–Trinajstić information content (AvgIpc) is 2.48. The van der Waals surface area contributed by atoms with Gasteiger partial charge in [-0.05, 0) is 29.9 Å². The van der Waals surface area contributed by atoms with Crippen LogP contribution < -0.4 is 5.32 Å². The van der Waals surface area contributed by atoms with Crippen molar-refractivity contribution in [3.05, 3.63) is 30.3 Å². The molecule has 2 unspecified atom stereocenters. The van der Waals surface area contributed by atoms with Crippen LogP contribution in [0.4, 0.5) is 5.69 Å². The molecule has 1 saturated carbocycles. The minimum Gasteiger partial charge on any atom is -0.326 e. The SMILES string of the molecule is CC(CC(=O)Nc1ccccc1)C(C)C1CCCCC1. The number of para-hydroxylation sites is 1. The molecule has 1 aromatic carbocycles. The molecule has 0 heterocycles. The molecule has 1 aliphatic rings. The van der Waals surface area contributed by atoms with Gasteiger partial charge in [0.05, 0.1) is 0 Å². The molecular formula is C18H27NO.